The number of aliphatic hydroxyl groups excluding tert-OH is 1. The summed E-state index contributed by atoms with van der Waals surface area (Å²) in [4.78, 5) is 4.43. The van der Waals surface area contributed by atoms with Gasteiger partial charge in [0.1, 0.15) is 18.2 Å². The molecule has 1 aromatic heterocycles. The van der Waals surface area contributed by atoms with Gasteiger partial charge in [-0.3, -0.25) is 0 Å². The van der Waals surface area contributed by atoms with Crippen molar-refractivity contribution < 1.29 is 9.84 Å². The first-order valence-electron chi connectivity index (χ1n) is 7.50. The minimum absolute atomic E-state index is 0.0782. The summed E-state index contributed by atoms with van der Waals surface area (Å²) in [6, 6.07) is 17.0. The van der Waals surface area contributed by atoms with Crippen LogP contribution >= 0.6 is 0 Å². The highest BCUT2D eigenvalue weighted by Gasteiger charge is 2.08. The monoisotopic (exact) mass is 307 g/mol. The number of ether oxygens (including phenoxy) is 1. The van der Waals surface area contributed by atoms with Crippen LogP contribution in [-0.4, -0.2) is 21.3 Å². The van der Waals surface area contributed by atoms with Crippen LogP contribution in [0.5, 0.6) is 5.75 Å². The smallest absolute Gasteiger partial charge is 0.135 e. The van der Waals surface area contributed by atoms with Crippen molar-refractivity contribution in [3.05, 3.63) is 59.9 Å². The standard InChI is InChI=1S/C18H17N3O2/c19-12-14-6-8-15(9-7-14)23-11-3-10-21-17-5-2-1-4-16(17)20-18(21)13-22/h1-2,4-9,22H,3,10-11,13H2. The van der Waals surface area contributed by atoms with Gasteiger partial charge in [0.15, 0.2) is 0 Å². The molecule has 0 spiro atoms. The quantitative estimate of drug-likeness (QED) is 0.711. The zero-order valence-corrected chi connectivity index (χ0v) is 12.6. The van der Waals surface area contributed by atoms with Crippen molar-refractivity contribution in [1.29, 1.82) is 5.26 Å². The first kappa shape index (κ1) is 15.1. The lowest BCUT2D eigenvalue weighted by Gasteiger charge is -2.09. The summed E-state index contributed by atoms with van der Waals surface area (Å²) in [6.07, 6.45) is 0.799. The van der Waals surface area contributed by atoms with Crippen molar-refractivity contribution >= 4 is 11.0 Å². The minimum atomic E-state index is -0.0782. The molecule has 0 bridgehead atoms. The molecule has 0 atom stereocenters. The van der Waals surface area contributed by atoms with Crippen molar-refractivity contribution in [2.75, 3.05) is 6.61 Å². The molecule has 0 aliphatic heterocycles. The molecule has 5 heteroatoms. The van der Waals surface area contributed by atoms with Gasteiger partial charge in [0.2, 0.25) is 0 Å². The van der Waals surface area contributed by atoms with Crippen LogP contribution < -0.4 is 4.74 Å². The van der Waals surface area contributed by atoms with Gasteiger partial charge in [-0.1, -0.05) is 12.1 Å². The number of imidazole rings is 1. The molecule has 1 N–H and O–H groups in total. The van der Waals surface area contributed by atoms with Crippen molar-refractivity contribution in [3.8, 4) is 11.8 Å². The van der Waals surface area contributed by atoms with E-state index in [0.29, 0.717) is 18.0 Å². The zero-order valence-electron chi connectivity index (χ0n) is 12.6. The van der Waals surface area contributed by atoms with Gasteiger partial charge in [-0.05, 0) is 42.8 Å². The molecule has 5 nitrogen and oxygen atoms in total. The lowest BCUT2D eigenvalue weighted by Crippen LogP contribution is -2.08. The second-order valence-electron chi connectivity index (χ2n) is 5.16. The number of fused-ring (bicyclic) bond motifs is 1. The molecule has 23 heavy (non-hydrogen) atoms. The molecule has 0 radical (unpaired) electrons. The van der Waals surface area contributed by atoms with Gasteiger partial charge in [-0.25, -0.2) is 4.98 Å². The van der Waals surface area contributed by atoms with Gasteiger partial charge in [-0.15, -0.1) is 0 Å². The second kappa shape index (κ2) is 6.95. The number of nitriles is 1. The zero-order chi connectivity index (χ0) is 16.1. The number of aliphatic hydroxyl groups is 1. The lowest BCUT2D eigenvalue weighted by atomic mass is 10.2. The summed E-state index contributed by atoms with van der Waals surface area (Å²) in [5, 5.41) is 18.2. The lowest BCUT2D eigenvalue weighted by molar-refractivity contribution is 0.261. The molecule has 0 amide bonds. The fraction of sp³-hybridized carbons (Fsp3) is 0.222. The SMILES string of the molecule is N#Cc1ccc(OCCCn2c(CO)nc3ccccc32)cc1. The van der Waals surface area contributed by atoms with E-state index in [0.717, 1.165) is 29.7 Å². The van der Waals surface area contributed by atoms with Crippen LogP contribution in [0.1, 0.15) is 17.8 Å². The highest BCUT2D eigenvalue weighted by atomic mass is 16.5. The molecule has 1 heterocycles. The number of aryl methyl sites for hydroxylation is 1. The van der Waals surface area contributed by atoms with E-state index in [4.69, 9.17) is 10.00 Å². The normalized spacial score (nSPS) is 10.6. The maximum atomic E-state index is 9.46. The Morgan fingerprint density at radius 1 is 1.13 bits per heavy atom. The van der Waals surface area contributed by atoms with Crippen LogP contribution in [0.4, 0.5) is 0 Å². The fourth-order valence-electron chi connectivity index (χ4n) is 2.53. The molecule has 0 aliphatic rings. The van der Waals surface area contributed by atoms with Crippen LogP contribution in [-0.2, 0) is 13.2 Å². The Balaban J connectivity index is 1.61. The molecular weight excluding hydrogens is 290 g/mol. The number of para-hydroxylation sites is 2. The molecule has 0 fully saturated rings. The van der Waals surface area contributed by atoms with Gasteiger partial charge in [0.05, 0.1) is 29.3 Å². The van der Waals surface area contributed by atoms with Crippen LogP contribution in [0.25, 0.3) is 11.0 Å². The van der Waals surface area contributed by atoms with Crippen LogP contribution in [0, 0.1) is 11.3 Å². The van der Waals surface area contributed by atoms with Crippen LogP contribution in [0.2, 0.25) is 0 Å². The topological polar surface area (TPSA) is 71.1 Å². The maximum absolute atomic E-state index is 9.46. The maximum Gasteiger partial charge on any atom is 0.135 e. The summed E-state index contributed by atoms with van der Waals surface area (Å²) in [5.41, 5.74) is 2.54. The Kier molecular flexibility index (Phi) is 4.55. The van der Waals surface area contributed by atoms with Crippen molar-refractivity contribution in [2.24, 2.45) is 0 Å². The van der Waals surface area contributed by atoms with E-state index in [-0.39, 0.29) is 6.61 Å². The number of benzene rings is 2. The number of nitrogens with zero attached hydrogens (tertiary/aromatic N) is 3. The summed E-state index contributed by atoms with van der Waals surface area (Å²) in [5.74, 6) is 1.42. The van der Waals surface area contributed by atoms with E-state index < -0.39 is 0 Å². The molecule has 0 aliphatic carbocycles. The second-order valence-corrected chi connectivity index (χ2v) is 5.16. The molecule has 0 unspecified atom stereocenters. The predicted molar refractivity (Wildman–Crippen MR) is 86.9 cm³/mol. The molecule has 2 aromatic carbocycles. The predicted octanol–water partition coefficient (Wildman–Crippen LogP) is 2.87. The van der Waals surface area contributed by atoms with E-state index in [1.54, 1.807) is 24.3 Å². The van der Waals surface area contributed by atoms with E-state index in [1.807, 2.05) is 28.8 Å². The number of rotatable bonds is 6. The molecule has 3 rings (SSSR count). The Labute approximate surface area is 134 Å². The third kappa shape index (κ3) is 3.33. The Morgan fingerprint density at radius 2 is 1.91 bits per heavy atom. The summed E-state index contributed by atoms with van der Waals surface area (Å²) >= 11 is 0. The highest BCUT2D eigenvalue weighted by molar-refractivity contribution is 5.75. The summed E-state index contributed by atoms with van der Waals surface area (Å²) in [7, 11) is 0. The van der Waals surface area contributed by atoms with Gasteiger partial charge in [0, 0.05) is 6.54 Å². The van der Waals surface area contributed by atoms with E-state index in [2.05, 4.69) is 11.1 Å². The first-order chi connectivity index (χ1) is 11.3. The Hall–Kier alpha value is -2.84. The van der Waals surface area contributed by atoms with Crippen molar-refractivity contribution in [3.63, 3.8) is 0 Å². The molecular formula is C18H17N3O2. The third-order valence-electron chi connectivity index (χ3n) is 3.65. The largest absolute Gasteiger partial charge is 0.494 e. The van der Waals surface area contributed by atoms with Crippen LogP contribution in [0.3, 0.4) is 0 Å². The molecule has 3 aromatic rings. The van der Waals surface area contributed by atoms with E-state index >= 15 is 0 Å². The summed E-state index contributed by atoms with van der Waals surface area (Å²) in [6.45, 7) is 1.21. The minimum Gasteiger partial charge on any atom is -0.494 e. The van der Waals surface area contributed by atoms with Crippen molar-refractivity contribution in [2.45, 2.75) is 19.6 Å². The number of hydrogen-bond acceptors (Lipinski definition) is 4. The highest BCUT2D eigenvalue weighted by Crippen LogP contribution is 2.17. The number of hydrogen-bond donors (Lipinski definition) is 1. The van der Waals surface area contributed by atoms with Crippen LogP contribution in [0.15, 0.2) is 48.5 Å². The van der Waals surface area contributed by atoms with E-state index in [9.17, 15) is 5.11 Å². The molecule has 0 saturated carbocycles. The Bertz CT molecular complexity index is 832. The van der Waals surface area contributed by atoms with Crippen molar-refractivity contribution in [1.82, 2.24) is 9.55 Å². The average Bonchev–Trinajstić information content (AvgIpc) is 2.97. The molecule has 116 valence electrons. The van der Waals surface area contributed by atoms with Gasteiger partial charge in [0.25, 0.3) is 0 Å². The number of aromatic nitrogens is 2. The van der Waals surface area contributed by atoms with E-state index in [1.165, 1.54) is 0 Å². The van der Waals surface area contributed by atoms with Gasteiger partial charge >= 0.3 is 0 Å². The fourth-order valence-corrected chi connectivity index (χ4v) is 2.53. The average molecular weight is 307 g/mol. The van der Waals surface area contributed by atoms with Gasteiger partial charge in [-0.2, -0.15) is 5.26 Å². The van der Waals surface area contributed by atoms with Gasteiger partial charge < -0.3 is 14.4 Å². The Morgan fingerprint density at radius 3 is 2.65 bits per heavy atom. The molecule has 0 saturated heterocycles. The first-order valence-corrected chi connectivity index (χ1v) is 7.50. The summed E-state index contributed by atoms with van der Waals surface area (Å²) < 4.78 is 7.71. The third-order valence-corrected chi connectivity index (χ3v) is 3.65.